The van der Waals surface area contributed by atoms with Crippen molar-refractivity contribution in [1.29, 1.82) is 0 Å². The number of benzene rings is 1. The van der Waals surface area contributed by atoms with Crippen molar-refractivity contribution in [2.24, 2.45) is 5.10 Å². The summed E-state index contributed by atoms with van der Waals surface area (Å²) in [5, 5.41) is 15.5. The monoisotopic (exact) mass is 454 g/mol. The fourth-order valence-electron chi connectivity index (χ4n) is 2.20. The molecule has 1 aliphatic rings. The number of anilines is 1. The standard InChI is InChI=1S/C15H11IN4O5/c16-10-1-3-11(4-2-10)18-8-14(22)19(9-13(18)21)17-7-12-5-6-15(25-12)20(23)24/h1-7H,8-9H2/b17-7+. The van der Waals surface area contributed by atoms with Crippen LogP contribution in [0.2, 0.25) is 0 Å². The van der Waals surface area contributed by atoms with Gasteiger partial charge in [-0.25, -0.2) is 5.01 Å². The zero-order chi connectivity index (χ0) is 18.0. The molecule has 3 rings (SSSR count). The van der Waals surface area contributed by atoms with Crippen molar-refractivity contribution < 1.29 is 18.9 Å². The fraction of sp³-hybridized carbons (Fsp3) is 0.133. The highest BCUT2D eigenvalue weighted by molar-refractivity contribution is 14.1. The van der Waals surface area contributed by atoms with Crippen LogP contribution >= 0.6 is 22.6 Å². The quantitative estimate of drug-likeness (QED) is 0.304. The summed E-state index contributed by atoms with van der Waals surface area (Å²) in [7, 11) is 0. The van der Waals surface area contributed by atoms with Gasteiger partial charge in [0.1, 0.15) is 18.0 Å². The molecule has 0 atom stereocenters. The lowest BCUT2D eigenvalue weighted by Crippen LogP contribution is -2.52. The zero-order valence-corrected chi connectivity index (χ0v) is 14.8. The largest absolute Gasteiger partial charge is 0.433 e. The maximum atomic E-state index is 12.3. The minimum absolute atomic E-state index is 0.118. The summed E-state index contributed by atoms with van der Waals surface area (Å²) in [4.78, 5) is 35.8. The maximum Gasteiger partial charge on any atom is 0.433 e. The summed E-state index contributed by atoms with van der Waals surface area (Å²) in [6.07, 6.45) is 1.17. The fourth-order valence-corrected chi connectivity index (χ4v) is 2.56. The van der Waals surface area contributed by atoms with E-state index in [0.717, 1.165) is 8.58 Å². The molecule has 1 aliphatic heterocycles. The number of hydrogen-bond donors (Lipinski definition) is 0. The minimum atomic E-state index is -0.675. The smallest absolute Gasteiger partial charge is 0.400 e. The Labute approximate surface area is 155 Å². The van der Waals surface area contributed by atoms with E-state index in [1.807, 2.05) is 12.1 Å². The third-order valence-electron chi connectivity index (χ3n) is 3.42. The lowest BCUT2D eigenvalue weighted by atomic mass is 10.2. The number of carbonyl (C=O) groups excluding carboxylic acids is 2. The molecule has 0 bridgehead atoms. The van der Waals surface area contributed by atoms with E-state index in [1.54, 1.807) is 12.1 Å². The van der Waals surface area contributed by atoms with Gasteiger partial charge >= 0.3 is 5.88 Å². The first-order valence-electron chi connectivity index (χ1n) is 7.08. The van der Waals surface area contributed by atoms with Gasteiger partial charge in [0, 0.05) is 9.26 Å². The molecule has 1 aromatic carbocycles. The second kappa shape index (κ2) is 7.01. The number of hydrazone groups is 1. The predicted octanol–water partition coefficient (Wildman–Crippen LogP) is 2.00. The Hall–Kier alpha value is -2.76. The summed E-state index contributed by atoms with van der Waals surface area (Å²) in [5.41, 5.74) is 0.643. The topological polar surface area (TPSA) is 109 Å². The van der Waals surface area contributed by atoms with Crippen LogP contribution in [0.15, 0.2) is 45.9 Å². The van der Waals surface area contributed by atoms with Crippen molar-refractivity contribution in [2.45, 2.75) is 0 Å². The first-order chi connectivity index (χ1) is 11.9. The number of halogens is 1. The zero-order valence-electron chi connectivity index (χ0n) is 12.7. The second-order valence-corrected chi connectivity index (χ2v) is 6.33. The Morgan fingerprint density at radius 1 is 1.12 bits per heavy atom. The van der Waals surface area contributed by atoms with Gasteiger partial charge in [-0.1, -0.05) is 0 Å². The average molecular weight is 454 g/mol. The number of furan rings is 1. The molecule has 0 aliphatic carbocycles. The van der Waals surface area contributed by atoms with Gasteiger partial charge in [-0.2, -0.15) is 5.10 Å². The average Bonchev–Trinajstić information content (AvgIpc) is 3.05. The first kappa shape index (κ1) is 17.1. The molecule has 0 N–H and O–H groups in total. The van der Waals surface area contributed by atoms with Crippen molar-refractivity contribution in [3.05, 3.63) is 55.8 Å². The van der Waals surface area contributed by atoms with E-state index in [0.29, 0.717) is 5.69 Å². The minimum Gasteiger partial charge on any atom is -0.400 e. The van der Waals surface area contributed by atoms with E-state index in [-0.39, 0.29) is 30.7 Å². The summed E-state index contributed by atoms with van der Waals surface area (Å²) >= 11 is 2.15. The van der Waals surface area contributed by atoms with Crippen LogP contribution in [0.25, 0.3) is 0 Å². The van der Waals surface area contributed by atoms with Gasteiger partial charge in [-0.15, -0.1) is 0 Å². The van der Waals surface area contributed by atoms with E-state index in [1.165, 1.54) is 23.2 Å². The Bertz CT molecular complexity index is 861. The van der Waals surface area contributed by atoms with Gasteiger partial charge in [-0.3, -0.25) is 19.7 Å². The molecular weight excluding hydrogens is 443 g/mol. The number of carbonyl (C=O) groups is 2. The van der Waals surface area contributed by atoms with Gasteiger partial charge in [0.05, 0.1) is 12.3 Å². The molecule has 128 valence electrons. The summed E-state index contributed by atoms with van der Waals surface area (Å²) < 4.78 is 5.94. The first-order valence-corrected chi connectivity index (χ1v) is 8.16. The molecule has 2 heterocycles. The molecule has 1 saturated heterocycles. The molecule has 10 heteroatoms. The Morgan fingerprint density at radius 2 is 1.84 bits per heavy atom. The molecule has 2 aromatic rings. The molecule has 25 heavy (non-hydrogen) atoms. The van der Waals surface area contributed by atoms with Crippen molar-refractivity contribution in [3.63, 3.8) is 0 Å². The Balaban J connectivity index is 1.70. The number of hydrogen-bond acceptors (Lipinski definition) is 6. The van der Waals surface area contributed by atoms with E-state index < -0.39 is 10.8 Å². The SMILES string of the molecule is O=C1CN(c2ccc(I)cc2)C(=O)CN1/N=C/c1ccc([N+](=O)[O-])o1. The highest BCUT2D eigenvalue weighted by Gasteiger charge is 2.30. The highest BCUT2D eigenvalue weighted by Crippen LogP contribution is 2.20. The molecule has 0 spiro atoms. The summed E-state index contributed by atoms with van der Waals surface area (Å²) in [6, 6.07) is 9.78. The molecule has 2 amide bonds. The van der Waals surface area contributed by atoms with Gasteiger partial charge in [0.2, 0.25) is 5.91 Å². The number of nitrogens with zero attached hydrogens (tertiary/aromatic N) is 4. The Morgan fingerprint density at radius 3 is 2.48 bits per heavy atom. The van der Waals surface area contributed by atoms with Crippen LogP contribution in [-0.4, -0.2) is 41.1 Å². The van der Waals surface area contributed by atoms with Crippen molar-refractivity contribution in [2.75, 3.05) is 18.0 Å². The molecule has 0 unspecified atom stereocenters. The molecular formula is C15H11IN4O5. The van der Waals surface area contributed by atoms with Crippen LogP contribution in [0.4, 0.5) is 11.6 Å². The lowest BCUT2D eigenvalue weighted by molar-refractivity contribution is -0.402. The van der Waals surface area contributed by atoms with Crippen LogP contribution in [0.1, 0.15) is 5.76 Å². The molecule has 1 fully saturated rings. The Kier molecular flexibility index (Phi) is 4.79. The lowest BCUT2D eigenvalue weighted by Gasteiger charge is -2.31. The summed E-state index contributed by atoms with van der Waals surface area (Å²) in [5.74, 6) is -0.946. The van der Waals surface area contributed by atoms with Crippen LogP contribution in [-0.2, 0) is 9.59 Å². The molecule has 0 radical (unpaired) electrons. The van der Waals surface area contributed by atoms with E-state index in [4.69, 9.17) is 4.42 Å². The number of amides is 2. The number of nitro groups is 1. The van der Waals surface area contributed by atoms with E-state index in [9.17, 15) is 19.7 Å². The molecule has 0 saturated carbocycles. The van der Waals surface area contributed by atoms with Crippen LogP contribution < -0.4 is 4.90 Å². The molecule has 1 aromatic heterocycles. The third kappa shape index (κ3) is 3.84. The number of rotatable bonds is 4. The van der Waals surface area contributed by atoms with Gasteiger partial charge in [0.25, 0.3) is 5.91 Å². The highest BCUT2D eigenvalue weighted by atomic mass is 127. The van der Waals surface area contributed by atoms with Crippen LogP contribution in [0, 0.1) is 13.7 Å². The maximum absolute atomic E-state index is 12.3. The van der Waals surface area contributed by atoms with Crippen molar-refractivity contribution in [1.82, 2.24) is 5.01 Å². The van der Waals surface area contributed by atoms with Gasteiger partial charge in [0.15, 0.2) is 5.76 Å². The third-order valence-corrected chi connectivity index (χ3v) is 4.14. The number of piperazine rings is 1. The normalized spacial score (nSPS) is 15.2. The van der Waals surface area contributed by atoms with Gasteiger partial charge in [-0.05, 0) is 52.9 Å². The predicted molar refractivity (Wildman–Crippen MR) is 96.2 cm³/mol. The van der Waals surface area contributed by atoms with Crippen LogP contribution in [0.3, 0.4) is 0 Å². The second-order valence-electron chi connectivity index (χ2n) is 5.09. The summed E-state index contributed by atoms with van der Waals surface area (Å²) in [6.45, 7) is -0.348. The van der Waals surface area contributed by atoms with Crippen molar-refractivity contribution in [3.8, 4) is 0 Å². The molecule has 9 nitrogen and oxygen atoms in total. The van der Waals surface area contributed by atoms with Gasteiger partial charge < -0.3 is 9.32 Å². The van der Waals surface area contributed by atoms with E-state index >= 15 is 0 Å². The van der Waals surface area contributed by atoms with Crippen LogP contribution in [0.5, 0.6) is 0 Å². The van der Waals surface area contributed by atoms with Crippen molar-refractivity contribution >= 4 is 52.2 Å². The van der Waals surface area contributed by atoms with E-state index in [2.05, 4.69) is 27.7 Å².